The van der Waals surface area contributed by atoms with Crippen LogP contribution in [0, 0.1) is 11.8 Å². The Balaban J connectivity index is 0.00000288. The van der Waals surface area contributed by atoms with E-state index in [2.05, 4.69) is 27.5 Å². The van der Waals surface area contributed by atoms with E-state index in [9.17, 15) is 13.2 Å². The summed E-state index contributed by atoms with van der Waals surface area (Å²) in [5, 5.41) is 7.71. The molecular formula is C15H24F3IN4S. The molecule has 2 atom stereocenters. The lowest BCUT2D eigenvalue weighted by atomic mass is 9.82. The van der Waals surface area contributed by atoms with Crippen molar-refractivity contribution in [3.05, 3.63) is 16.1 Å². The van der Waals surface area contributed by atoms with Crippen molar-refractivity contribution in [2.45, 2.75) is 45.3 Å². The molecule has 4 nitrogen and oxygen atoms in total. The van der Waals surface area contributed by atoms with Crippen molar-refractivity contribution < 1.29 is 13.2 Å². The predicted molar refractivity (Wildman–Crippen MR) is 102 cm³/mol. The van der Waals surface area contributed by atoms with Crippen LogP contribution in [0.5, 0.6) is 0 Å². The van der Waals surface area contributed by atoms with E-state index in [-0.39, 0.29) is 30.5 Å². The fourth-order valence-electron chi connectivity index (χ4n) is 2.89. The number of hydrogen-bond acceptors (Lipinski definition) is 3. The molecule has 0 amide bonds. The Morgan fingerprint density at radius 3 is 2.71 bits per heavy atom. The lowest BCUT2D eigenvalue weighted by Gasteiger charge is -2.27. The molecule has 2 rings (SSSR count). The van der Waals surface area contributed by atoms with Gasteiger partial charge in [0.2, 0.25) is 0 Å². The topological polar surface area (TPSA) is 49.3 Å². The lowest BCUT2D eigenvalue weighted by Crippen LogP contribution is -2.40. The van der Waals surface area contributed by atoms with E-state index in [1.54, 1.807) is 7.05 Å². The van der Waals surface area contributed by atoms with Crippen molar-refractivity contribution in [2.24, 2.45) is 16.8 Å². The number of hydrogen-bond donors (Lipinski definition) is 2. The first-order valence-electron chi connectivity index (χ1n) is 7.84. The lowest BCUT2D eigenvalue weighted by molar-refractivity contribution is -0.140. The minimum absolute atomic E-state index is 0. The van der Waals surface area contributed by atoms with Crippen LogP contribution >= 0.6 is 35.3 Å². The van der Waals surface area contributed by atoms with E-state index in [0.29, 0.717) is 16.9 Å². The van der Waals surface area contributed by atoms with Crippen LogP contribution in [0.25, 0.3) is 0 Å². The van der Waals surface area contributed by atoms with Gasteiger partial charge in [0, 0.05) is 19.0 Å². The molecule has 9 heteroatoms. The number of aliphatic imine (C=N–C) groups is 1. The first-order chi connectivity index (χ1) is 10.9. The second-order valence-corrected chi connectivity index (χ2v) is 7.01. The monoisotopic (exact) mass is 476 g/mol. The summed E-state index contributed by atoms with van der Waals surface area (Å²) in [6.07, 6.45) is 0.613. The van der Waals surface area contributed by atoms with Crippen molar-refractivity contribution in [3.63, 3.8) is 0 Å². The summed E-state index contributed by atoms with van der Waals surface area (Å²) in [7, 11) is 1.65. The molecule has 0 radical (unpaired) electrons. The summed E-state index contributed by atoms with van der Waals surface area (Å²) >= 11 is 0.999. The molecular weight excluding hydrogens is 452 g/mol. The van der Waals surface area contributed by atoms with E-state index >= 15 is 0 Å². The number of aromatic nitrogens is 1. The Kier molecular flexibility index (Phi) is 8.75. The minimum atomic E-state index is -4.38. The van der Waals surface area contributed by atoms with Gasteiger partial charge in [0.05, 0.1) is 6.54 Å². The molecule has 24 heavy (non-hydrogen) atoms. The van der Waals surface area contributed by atoms with Gasteiger partial charge in [-0.2, -0.15) is 13.2 Å². The third-order valence-corrected chi connectivity index (χ3v) is 4.92. The third-order valence-electron chi connectivity index (χ3n) is 4.08. The molecule has 0 bridgehead atoms. The summed E-state index contributed by atoms with van der Waals surface area (Å²) in [5.41, 5.74) is -0.835. The smallest absolute Gasteiger partial charge is 0.356 e. The molecule has 2 unspecified atom stereocenters. The second kappa shape index (κ2) is 9.79. The zero-order valence-corrected chi connectivity index (χ0v) is 17.0. The fourth-order valence-corrected chi connectivity index (χ4v) is 3.63. The highest BCUT2D eigenvalue weighted by Crippen LogP contribution is 2.30. The third kappa shape index (κ3) is 6.73. The maximum Gasteiger partial charge on any atom is 0.434 e. The summed E-state index contributed by atoms with van der Waals surface area (Å²) in [6.45, 7) is 3.36. The number of rotatable bonds is 4. The fraction of sp³-hybridized carbons (Fsp3) is 0.733. The van der Waals surface area contributed by atoms with E-state index in [0.717, 1.165) is 29.2 Å². The maximum atomic E-state index is 12.5. The molecule has 0 aliphatic heterocycles. The van der Waals surface area contributed by atoms with Gasteiger partial charge in [0.15, 0.2) is 11.7 Å². The molecule has 1 aromatic rings. The van der Waals surface area contributed by atoms with Gasteiger partial charge in [-0.25, -0.2) is 4.98 Å². The number of thiazole rings is 1. The largest absolute Gasteiger partial charge is 0.434 e. The number of nitrogens with one attached hydrogen (secondary N) is 2. The zero-order valence-electron chi connectivity index (χ0n) is 13.8. The Labute approximate surface area is 161 Å². The quantitative estimate of drug-likeness (QED) is 0.388. The van der Waals surface area contributed by atoms with Crippen molar-refractivity contribution in [1.82, 2.24) is 15.6 Å². The van der Waals surface area contributed by atoms with Crippen LogP contribution < -0.4 is 10.6 Å². The standard InChI is InChI=1S/C15H23F3N4S.HI/c1-10-4-3-5-11(6-10)7-20-14(19-2)21-8-13-22-12(9-23-13)15(16,17)18;/h9-11H,3-8H2,1-2H3,(H2,19,20,21);1H. The van der Waals surface area contributed by atoms with Gasteiger partial charge in [-0.1, -0.05) is 19.8 Å². The molecule has 1 heterocycles. The van der Waals surface area contributed by atoms with Crippen LogP contribution in [0.3, 0.4) is 0 Å². The van der Waals surface area contributed by atoms with Crippen molar-refractivity contribution in [3.8, 4) is 0 Å². The molecule has 0 aromatic carbocycles. The zero-order chi connectivity index (χ0) is 16.9. The van der Waals surface area contributed by atoms with Crippen LogP contribution in [0.15, 0.2) is 10.4 Å². The highest BCUT2D eigenvalue weighted by atomic mass is 127. The van der Waals surface area contributed by atoms with E-state index < -0.39 is 11.9 Å². The summed E-state index contributed by atoms with van der Waals surface area (Å²) in [6, 6.07) is 0. The van der Waals surface area contributed by atoms with Gasteiger partial charge >= 0.3 is 6.18 Å². The van der Waals surface area contributed by atoms with Crippen LogP contribution in [0.4, 0.5) is 13.2 Å². The average Bonchev–Trinajstić information content (AvgIpc) is 2.96. The van der Waals surface area contributed by atoms with Crippen LogP contribution in [-0.4, -0.2) is 24.5 Å². The van der Waals surface area contributed by atoms with Gasteiger partial charge in [-0.3, -0.25) is 4.99 Å². The first-order valence-corrected chi connectivity index (χ1v) is 8.72. The number of halogens is 4. The molecule has 138 valence electrons. The highest BCUT2D eigenvalue weighted by molar-refractivity contribution is 14.0. The van der Waals surface area contributed by atoms with E-state index in [1.165, 1.54) is 25.7 Å². The Hall–Kier alpha value is -0.580. The molecule has 2 N–H and O–H groups in total. The Morgan fingerprint density at radius 2 is 2.12 bits per heavy atom. The molecule has 1 aliphatic rings. The number of alkyl halides is 3. The van der Waals surface area contributed by atoms with E-state index in [4.69, 9.17) is 0 Å². The van der Waals surface area contributed by atoms with Crippen molar-refractivity contribution in [1.29, 1.82) is 0 Å². The average molecular weight is 476 g/mol. The molecule has 1 aliphatic carbocycles. The highest BCUT2D eigenvalue weighted by Gasteiger charge is 2.33. The second-order valence-electron chi connectivity index (χ2n) is 6.07. The first kappa shape index (κ1) is 21.5. The van der Waals surface area contributed by atoms with Gasteiger partial charge in [0.1, 0.15) is 5.01 Å². The number of nitrogens with zero attached hydrogens (tertiary/aromatic N) is 2. The van der Waals surface area contributed by atoms with Gasteiger partial charge in [0.25, 0.3) is 0 Å². The molecule has 1 saturated carbocycles. The van der Waals surface area contributed by atoms with Crippen LogP contribution in [0.1, 0.15) is 43.3 Å². The predicted octanol–water partition coefficient (Wildman–Crippen LogP) is 4.27. The maximum absolute atomic E-state index is 12.5. The summed E-state index contributed by atoms with van der Waals surface area (Å²) in [5.74, 6) is 2.00. The van der Waals surface area contributed by atoms with Gasteiger partial charge < -0.3 is 10.6 Å². The normalized spacial score (nSPS) is 22.0. The Morgan fingerprint density at radius 1 is 1.38 bits per heavy atom. The molecule has 1 fully saturated rings. The van der Waals surface area contributed by atoms with E-state index in [1.807, 2.05) is 0 Å². The van der Waals surface area contributed by atoms with Crippen LogP contribution in [-0.2, 0) is 12.7 Å². The minimum Gasteiger partial charge on any atom is -0.356 e. The van der Waals surface area contributed by atoms with Crippen molar-refractivity contribution in [2.75, 3.05) is 13.6 Å². The number of guanidine groups is 1. The molecule has 1 aromatic heterocycles. The summed E-state index contributed by atoms with van der Waals surface area (Å²) < 4.78 is 37.5. The van der Waals surface area contributed by atoms with Crippen molar-refractivity contribution >= 4 is 41.3 Å². The Bertz CT molecular complexity index is 533. The van der Waals surface area contributed by atoms with Gasteiger partial charge in [-0.15, -0.1) is 35.3 Å². The molecule has 0 spiro atoms. The van der Waals surface area contributed by atoms with Gasteiger partial charge in [-0.05, 0) is 24.7 Å². The van der Waals surface area contributed by atoms with Crippen LogP contribution in [0.2, 0.25) is 0 Å². The SMILES string of the molecule is CN=C(NCc1nc(C(F)(F)F)cs1)NCC1CCCC(C)C1.I. The summed E-state index contributed by atoms with van der Waals surface area (Å²) in [4.78, 5) is 7.71. The molecule has 0 saturated heterocycles.